The summed E-state index contributed by atoms with van der Waals surface area (Å²) in [5, 5.41) is 0. The fourth-order valence-corrected chi connectivity index (χ4v) is 2.85. The van der Waals surface area contributed by atoms with Crippen LogP contribution in [0.25, 0.3) is 0 Å². The Morgan fingerprint density at radius 1 is 1.33 bits per heavy atom. The second kappa shape index (κ2) is 5.95. The van der Waals surface area contributed by atoms with Crippen LogP contribution in [0.1, 0.15) is 0 Å². The first-order chi connectivity index (χ1) is 11.2. The molecular weight excluding hydrogens is 340 g/mol. The lowest BCUT2D eigenvalue weighted by Gasteiger charge is -2.27. The zero-order valence-corrected chi connectivity index (χ0v) is 13.9. The summed E-state index contributed by atoms with van der Waals surface area (Å²) in [4.78, 5) is 26.4. The third-order valence-corrected chi connectivity index (χ3v) is 4.25. The monoisotopic (exact) mass is 356 g/mol. The van der Waals surface area contributed by atoms with Crippen LogP contribution in [0.2, 0.25) is 0 Å². The number of nitrogens with zero attached hydrogens (tertiary/aromatic N) is 2. The molecule has 1 aromatic carbocycles. The van der Waals surface area contributed by atoms with Crippen molar-refractivity contribution < 1.29 is 31.7 Å². The van der Waals surface area contributed by atoms with Crippen molar-refractivity contribution in [1.82, 2.24) is 0 Å². The van der Waals surface area contributed by atoms with E-state index in [1.165, 1.54) is 9.80 Å². The molecule has 24 heavy (non-hydrogen) atoms. The van der Waals surface area contributed by atoms with Crippen LogP contribution in [-0.4, -0.2) is 59.6 Å². The maximum Gasteiger partial charge on any atom is 0.414 e. The van der Waals surface area contributed by atoms with Gasteiger partial charge in [-0.25, -0.2) is 4.79 Å². The molecule has 2 amide bonds. The number of likely N-dealkylation sites (N-methyl/N-ethyl adjacent to an activating group) is 1. The van der Waals surface area contributed by atoms with Gasteiger partial charge in [0.25, 0.3) is 16.0 Å². The third kappa shape index (κ3) is 3.29. The maximum absolute atomic E-state index is 12.0. The number of cyclic esters (lactones) is 1. The molecule has 0 aliphatic carbocycles. The Balaban J connectivity index is 1.75. The van der Waals surface area contributed by atoms with Gasteiger partial charge in [0.15, 0.2) is 6.61 Å². The summed E-state index contributed by atoms with van der Waals surface area (Å²) in [5.41, 5.74) is 1.14. The Hall–Kier alpha value is -2.33. The summed E-state index contributed by atoms with van der Waals surface area (Å²) in [5.74, 6) is 0.326. The number of hydrogen-bond acceptors (Lipinski definition) is 7. The van der Waals surface area contributed by atoms with Gasteiger partial charge < -0.3 is 14.4 Å². The van der Waals surface area contributed by atoms with E-state index < -0.39 is 22.3 Å². The van der Waals surface area contributed by atoms with E-state index in [-0.39, 0.29) is 25.7 Å². The minimum absolute atomic E-state index is 0.0672. The summed E-state index contributed by atoms with van der Waals surface area (Å²) >= 11 is 0. The minimum atomic E-state index is -3.60. The zero-order chi connectivity index (χ0) is 17.5. The molecule has 0 bridgehead atoms. The standard InChI is InChI=1S/C14H16N2O7S/c1-15-11-4-3-9(5-12(11)21-8-13(15)17)16-6-10(23-14(16)18)7-22-24(2,19)20/h3-5,10H,6-8H2,1-2H3/t10-/m1/s1. The van der Waals surface area contributed by atoms with E-state index in [0.29, 0.717) is 17.1 Å². The second-order valence-electron chi connectivity index (χ2n) is 5.50. The Morgan fingerprint density at radius 2 is 2.08 bits per heavy atom. The van der Waals surface area contributed by atoms with E-state index in [0.717, 1.165) is 6.26 Å². The van der Waals surface area contributed by atoms with Crippen LogP contribution in [0, 0.1) is 0 Å². The lowest BCUT2D eigenvalue weighted by molar-refractivity contribution is -0.120. The zero-order valence-electron chi connectivity index (χ0n) is 13.1. The average molecular weight is 356 g/mol. The largest absolute Gasteiger partial charge is 0.481 e. The lowest BCUT2D eigenvalue weighted by atomic mass is 10.2. The summed E-state index contributed by atoms with van der Waals surface area (Å²) in [6.45, 7) is -0.149. The van der Waals surface area contributed by atoms with Crippen molar-refractivity contribution in [2.75, 3.05) is 42.9 Å². The number of anilines is 2. The van der Waals surface area contributed by atoms with Crippen molar-refractivity contribution in [1.29, 1.82) is 0 Å². The highest BCUT2D eigenvalue weighted by Gasteiger charge is 2.34. The van der Waals surface area contributed by atoms with E-state index in [2.05, 4.69) is 4.18 Å². The third-order valence-electron chi connectivity index (χ3n) is 3.68. The lowest BCUT2D eigenvalue weighted by Crippen LogP contribution is -2.35. The predicted octanol–water partition coefficient (Wildman–Crippen LogP) is 0.343. The molecule has 1 aromatic rings. The van der Waals surface area contributed by atoms with Crippen LogP contribution in [-0.2, 0) is 23.8 Å². The van der Waals surface area contributed by atoms with Gasteiger partial charge in [0.1, 0.15) is 18.5 Å². The SMILES string of the molecule is CN1C(=O)COc2cc(N3C[C@H](COS(C)(=O)=O)OC3=O)ccc21. The van der Waals surface area contributed by atoms with Gasteiger partial charge in [0.05, 0.1) is 24.2 Å². The fourth-order valence-electron chi connectivity index (χ4n) is 2.45. The smallest absolute Gasteiger partial charge is 0.414 e. The van der Waals surface area contributed by atoms with Gasteiger partial charge in [-0.05, 0) is 12.1 Å². The molecular formula is C14H16N2O7S. The maximum atomic E-state index is 12.0. The second-order valence-corrected chi connectivity index (χ2v) is 7.14. The normalized spacial score (nSPS) is 20.7. The van der Waals surface area contributed by atoms with Gasteiger partial charge in [0, 0.05) is 13.1 Å². The molecule has 1 saturated heterocycles. The average Bonchev–Trinajstić information content (AvgIpc) is 2.89. The molecule has 1 fully saturated rings. The number of amides is 2. The molecule has 1 atom stereocenters. The van der Waals surface area contributed by atoms with Crippen LogP contribution in [0.15, 0.2) is 18.2 Å². The highest BCUT2D eigenvalue weighted by molar-refractivity contribution is 7.85. The summed E-state index contributed by atoms with van der Waals surface area (Å²) in [7, 11) is -1.96. The molecule has 0 radical (unpaired) electrons. The van der Waals surface area contributed by atoms with Gasteiger partial charge in [-0.1, -0.05) is 0 Å². The number of carbonyl (C=O) groups is 2. The molecule has 0 spiro atoms. The van der Waals surface area contributed by atoms with Crippen LogP contribution >= 0.6 is 0 Å². The molecule has 130 valence electrons. The Kier molecular flexibility index (Phi) is 4.10. The molecule has 10 heteroatoms. The van der Waals surface area contributed by atoms with Gasteiger partial charge in [0.2, 0.25) is 0 Å². The highest BCUT2D eigenvalue weighted by atomic mass is 32.2. The first-order valence-electron chi connectivity index (χ1n) is 7.10. The van der Waals surface area contributed by atoms with Crippen molar-refractivity contribution in [3.63, 3.8) is 0 Å². The van der Waals surface area contributed by atoms with Gasteiger partial charge >= 0.3 is 6.09 Å². The molecule has 2 aliphatic heterocycles. The van der Waals surface area contributed by atoms with E-state index in [1.807, 2.05) is 0 Å². The molecule has 9 nitrogen and oxygen atoms in total. The summed E-state index contributed by atoms with van der Waals surface area (Å²) < 4.78 is 37.2. The van der Waals surface area contributed by atoms with Crippen LogP contribution in [0.5, 0.6) is 5.75 Å². The van der Waals surface area contributed by atoms with Crippen LogP contribution < -0.4 is 14.5 Å². The first kappa shape index (κ1) is 16.5. The molecule has 0 unspecified atom stereocenters. The van der Waals surface area contributed by atoms with Crippen molar-refractivity contribution in [2.45, 2.75) is 6.10 Å². The van der Waals surface area contributed by atoms with Gasteiger partial charge in [-0.15, -0.1) is 0 Å². The molecule has 2 aliphatic rings. The topological polar surface area (TPSA) is 102 Å². The van der Waals surface area contributed by atoms with E-state index in [9.17, 15) is 18.0 Å². The molecule has 0 aromatic heterocycles. The minimum Gasteiger partial charge on any atom is -0.481 e. The number of ether oxygens (including phenoxy) is 2. The number of rotatable bonds is 4. The van der Waals surface area contributed by atoms with Crippen molar-refractivity contribution in [3.05, 3.63) is 18.2 Å². The Labute approximate surface area is 138 Å². The highest BCUT2D eigenvalue weighted by Crippen LogP contribution is 2.36. The number of fused-ring (bicyclic) bond motifs is 1. The fraction of sp³-hybridized carbons (Fsp3) is 0.429. The number of hydrogen-bond donors (Lipinski definition) is 0. The molecule has 0 saturated carbocycles. The molecule has 0 N–H and O–H groups in total. The predicted molar refractivity (Wildman–Crippen MR) is 83.8 cm³/mol. The van der Waals surface area contributed by atoms with E-state index in [4.69, 9.17) is 9.47 Å². The number of carbonyl (C=O) groups excluding carboxylic acids is 2. The van der Waals surface area contributed by atoms with Gasteiger partial charge in [-0.3, -0.25) is 13.9 Å². The van der Waals surface area contributed by atoms with E-state index in [1.54, 1.807) is 25.2 Å². The summed E-state index contributed by atoms with van der Waals surface area (Å²) in [6, 6.07) is 4.98. The summed E-state index contributed by atoms with van der Waals surface area (Å²) in [6.07, 6.45) is -0.356. The molecule has 2 heterocycles. The molecule has 3 rings (SSSR count). The van der Waals surface area contributed by atoms with Crippen molar-refractivity contribution >= 4 is 33.5 Å². The van der Waals surface area contributed by atoms with Gasteiger partial charge in [-0.2, -0.15) is 8.42 Å². The Bertz CT molecular complexity index is 792. The van der Waals surface area contributed by atoms with Crippen molar-refractivity contribution in [2.24, 2.45) is 0 Å². The van der Waals surface area contributed by atoms with Crippen molar-refractivity contribution in [3.8, 4) is 5.75 Å². The van der Waals surface area contributed by atoms with Crippen LogP contribution in [0.3, 0.4) is 0 Å². The Morgan fingerprint density at radius 3 is 2.79 bits per heavy atom. The van der Waals surface area contributed by atoms with Crippen LogP contribution in [0.4, 0.5) is 16.2 Å². The quantitative estimate of drug-likeness (QED) is 0.717. The first-order valence-corrected chi connectivity index (χ1v) is 8.92. The number of benzene rings is 1. The van der Waals surface area contributed by atoms with E-state index >= 15 is 0 Å².